The standard InChI is InChI=1S/C20H27N3O4/c1-4-15(25-2)13-21-20(24)17-18(14-7-9-16(26-3)10-8-14)27-22-19(17)23-11-5-6-12-23/h7-10,15H,4-6,11-13H2,1-3H3,(H,21,24). The smallest absolute Gasteiger partial charge is 0.259 e. The van der Waals surface area contributed by atoms with Crippen LogP contribution in [0.5, 0.6) is 5.75 Å². The normalized spacial score (nSPS) is 15.0. The van der Waals surface area contributed by atoms with Gasteiger partial charge in [0.05, 0.1) is 13.2 Å². The third-order valence-corrected chi connectivity index (χ3v) is 4.94. The van der Waals surface area contributed by atoms with Crippen molar-refractivity contribution in [2.75, 3.05) is 38.8 Å². The first-order chi connectivity index (χ1) is 13.2. The number of anilines is 1. The van der Waals surface area contributed by atoms with E-state index in [0.29, 0.717) is 23.7 Å². The quantitative estimate of drug-likeness (QED) is 0.766. The van der Waals surface area contributed by atoms with Crippen molar-refractivity contribution >= 4 is 11.7 Å². The Morgan fingerprint density at radius 3 is 2.56 bits per heavy atom. The molecule has 1 N–H and O–H groups in total. The Kier molecular flexibility index (Phi) is 6.34. The number of methoxy groups -OCH3 is 2. The summed E-state index contributed by atoms with van der Waals surface area (Å²) in [4.78, 5) is 15.1. The van der Waals surface area contributed by atoms with Gasteiger partial charge in [-0.1, -0.05) is 12.1 Å². The number of nitrogens with one attached hydrogen (secondary N) is 1. The molecule has 0 bridgehead atoms. The van der Waals surface area contributed by atoms with E-state index in [9.17, 15) is 4.79 Å². The van der Waals surface area contributed by atoms with Gasteiger partial charge in [-0.25, -0.2) is 0 Å². The predicted molar refractivity (Wildman–Crippen MR) is 103 cm³/mol. The van der Waals surface area contributed by atoms with E-state index in [2.05, 4.69) is 15.4 Å². The van der Waals surface area contributed by atoms with Gasteiger partial charge in [-0.05, 0) is 43.5 Å². The number of ether oxygens (including phenoxy) is 2. The molecule has 1 amide bonds. The van der Waals surface area contributed by atoms with Crippen LogP contribution in [0.4, 0.5) is 5.82 Å². The summed E-state index contributed by atoms with van der Waals surface area (Å²) in [5, 5.41) is 7.20. The van der Waals surface area contributed by atoms with E-state index in [-0.39, 0.29) is 12.0 Å². The lowest BCUT2D eigenvalue weighted by Crippen LogP contribution is -2.34. The zero-order valence-electron chi connectivity index (χ0n) is 16.2. The third-order valence-electron chi connectivity index (χ3n) is 4.94. The molecule has 1 aliphatic rings. The van der Waals surface area contributed by atoms with Crippen molar-refractivity contribution in [3.8, 4) is 17.1 Å². The molecule has 0 radical (unpaired) electrons. The maximum atomic E-state index is 13.0. The number of benzene rings is 1. The second-order valence-corrected chi connectivity index (χ2v) is 6.61. The third kappa shape index (κ3) is 4.24. The summed E-state index contributed by atoms with van der Waals surface area (Å²) in [6, 6.07) is 7.42. The molecular formula is C20H27N3O4. The van der Waals surface area contributed by atoms with Gasteiger partial charge in [0, 0.05) is 32.3 Å². The number of hydrogen-bond acceptors (Lipinski definition) is 6. The maximum absolute atomic E-state index is 13.0. The molecule has 1 unspecified atom stereocenters. The van der Waals surface area contributed by atoms with Gasteiger partial charge in [0.15, 0.2) is 11.6 Å². The first-order valence-corrected chi connectivity index (χ1v) is 9.38. The van der Waals surface area contributed by atoms with Gasteiger partial charge in [0.2, 0.25) is 0 Å². The summed E-state index contributed by atoms with van der Waals surface area (Å²) in [6.45, 7) is 4.23. The lowest BCUT2D eigenvalue weighted by atomic mass is 10.1. The molecule has 1 atom stereocenters. The van der Waals surface area contributed by atoms with E-state index in [1.54, 1.807) is 14.2 Å². The number of amides is 1. The Labute approximate surface area is 159 Å². The first-order valence-electron chi connectivity index (χ1n) is 9.38. The molecular weight excluding hydrogens is 346 g/mol. The van der Waals surface area contributed by atoms with Crippen molar-refractivity contribution in [1.82, 2.24) is 10.5 Å². The minimum atomic E-state index is -0.195. The summed E-state index contributed by atoms with van der Waals surface area (Å²) >= 11 is 0. The minimum absolute atomic E-state index is 0.0199. The van der Waals surface area contributed by atoms with Crippen LogP contribution in [0.3, 0.4) is 0 Å². The Hall–Kier alpha value is -2.54. The fraction of sp³-hybridized carbons (Fsp3) is 0.500. The highest BCUT2D eigenvalue weighted by Gasteiger charge is 2.29. The zero-order chi connectivity index (χ0) is 19.2. The summed E-state index contributed by atoms with van der Waals surface area (Å²) < 4.78 is 16.2. The molecule has 27 heavy (non-hydrogen) atoms. The number of nitrogens with zero attached hydrogens (tertiary/aromatic N) is 2. The molecule has 3 rings (SSSR count). The van der Waals surface area contributed by atoms with Gasteiger partial charge in [-0.2, -0.15) is 0 Å². The molecule has 0 spiro atoms. The van der Waals surface area contributed by atoms with Crippen LogP contribution in [0.2, 0.25) is 0 Å². The Morgan fingerprint density at radius 1 is 1.26 bits per heavy atom. The fourth-order valence-corrected chi connectivity index (χ4v) is 3.26. The van der Waals surface area contributed by atoms with Gasteiger partial charge in [0.25, 0.3) is 5.91 Å². The zero-order valence-corrected chi connectivity index (χ0v) is 16.2. The second-order valence-electron chi connectivity index (χ2n) is 6.61. The topological polar surface area (TPSA) is 76.8 Å². The highest BCUT2D eigenvalue weighted by molar-refractivity contribution is 6.04. The van der Waals surface area contributed by atoms with E-state index in [0.717, 1.165) is 43.7 Å². The summed E-state index contributed by atoms with van der Waals surface area (Å²) in [7, 11) is 3.27. The van der Waals surface area contributed by atoms with E-state index in [1.165, 1.54) is 0 Å². The van der Waals surface area contributed by atoms with Gasteiger partial charge < -0.3 is 24.2 Å². The average molecular weight is 373 g/mol. The average Bonchev–Trinajstić information content (AvgIpc) is 3.38. The number of hydrogen-bond donors (Lipinski definition) is 1. The van der Waals surface area contributed by atoms with Crippen molar-refractivity contribution in [3.05, 3.63) is 29.8 Å². The SMILES string of the molecule is CCC(CNC(=O)c1c(N2CCCC2)noc1-c1ccc(OC)cc1)OC. The highest BCUT2D eigenvalue weighted by atomic mass is 16.5. The molecule has 1 fully saturated rings. The number of carbonyl (C=O) groups excluding carboxylic acids is 1. The van der Waals surface area contributed by atoms with Crippen LogP contribution in [0, 0.1) is 0 Å². The van der Waals surface area contributed by atoms with Gasteiger partial charge in [-0.3, -0.25) is 4.79 Å². The second kappa shape index (κ2) is 8.90. The van der Waals surface area contributed by atoms with Gasteiger partial charge >= 0.3 is 0 Å². The van der Waals surface area contributed by atoms with Crippen LogP contribution in [0.25, 0.3) is 11.3 Å². The van der Waals surface area contributed by atoms with Crippen LogP contribution < -0.4 is 15.0 Å². The summed E-state index contributed by atoms with van der Waals surface area (Å²) in [5.41, 5.74) is 1.27. The molecule has 7 heteroatoms. The van der Waals surface area contributed by atoms with Crippen LogP contribution in [0.1, 0.15) is 36.5 Å². The largest absolute Gasteiger partial charge is 0.497 e. The van der Waals surface area contributed by atoms with Crippen LogP contribution in [-0.2, 0) is 4.74 Å². The molecule has 1 saturated heterocycles. The predicted octanol–water partition coefficient (Wildman–Crippen LogP) is 3.11. The Bertz CT molecular complexity index is 747. The van der Waals surface area contributed by atoms with Crippen molar-refractivity contribution < 1.29 is 18.8 Å². The maximum Gasteiger partial charge on any atom is 0.259 e. The first kappa shape index (κ1) is 19.2. The minimum Gasteiger partial charge on any atom is -0.497 e. The van der Waals surface area contributed by atoms with Crippen molar-refractivity contribution in [2.45, 2.75) is 32.3 Å². The molecule has 2 aromatic rings. The van der Waals surface area contributed by atoms with Crippen molar-refractivity contribution in [1.29, 1.82) is 0 Å². The van der Waals surface area contributed by atoms with Crippen LogP contribution in [0.15, 0.2) is 28.8 Å². The molecule has 0 saturated carbocycles. The monoisotopic (exact) mass is 373 g/mol. The molecule has 1 aromatic carbocycles. The van der Waals surface area contributed by atoms with Crippen LogP contribution in [-0.4, -0.2) is 51.0 Å². The lowest BCUT2D eigenvalue weighted by molar-refractivity contribution is 0.0816. The molecule has 7 nitrogen and oxygen atoms in total. The summed E-state index contributed by atoms with van der Waals surface area (Å²) in [5.74, 6) is 1.64. The van der Waals surface area contributed by atoms with Gasteiger partial charge in [0.1, 0.15) is 11.3 Å². The number of rotatable bonds is 8. The Morgan fingerprint density at radius 2 is 1.96 bits per heavy atom. The molecule has 0 aliphatic carbocycles. The molecule has 146 valence electrons. The lowest BCUT2D eigenvalue weighted by Gasteiger charge is -2.17. The number of carbonyl (C=O) groups is 1. The van der Waals surface area contributed by atoms with Crippen LogP contribution >= 0.6 is 0 Å². The highest BCUT2D eigenvalue weighted by Crippen LogP contribution is 2.33. The Balaban J connectivity index is 1.91. The fourth-order valence-electron chi connectivity index (χ4n) is 3.26. The van der Waals surface area contributed by atoms with Crippen molar-refractivity contribution in [2.24, 2.45) is 0 Å². The number of aromatic nitrogens is 1. The molecule has 1 aliphatic heterocycles. The van der Waals surface area contributed by atoms with Gasteiger partial charge in [-0.15, -0.1) is 0 Å². The molecule has 1 aromatic heterocycles. The van der Waals surface area contributed by atoms with E-state index < -0.39 is 0 Å². The molecule has 2 heterocycles. The summed E-state index contributed by atoms with van der Waals surface area (Å²) in [6.07, 6.45) is 2.99. The van der Waals surface area contributed by atoms with E-state index in [4.69, 9.17) is 14.0 Å². The van der Waals surface area contributed by atoms with E-state index >= 15 is 0 Å². The van der Waals surface area contributed by atoms with Crippen molar-refractivity contribution in [3.63, 3.8) is 0 Å². The van der Waals surface area contributed by atoms with E-state index in [1.807, 2.05) is 31.2 Å².